The third kappa shape index (κ3) is 6.66. The third-order valence-electron chi connectivity index (χ3n) is 4.40. The Morgan fingerprint density at radius 1 is 0.406 bits per heavy atom. The van der Waals surface area contributed by atoms with Crippen molar-refractivity contribution in [2.45, 2.75) is 0 Å². The average Bonchev–Trinajstić information content (AvgIpc) is 2.77. The Kier molecular flexibility index (Phi) is 9.59. The molecular formula is C24H32N4O4. The Bertz CT molecular complexity index is 824. The Labute approximate surface area is 190 Å². The standard InChI is InChI=1S/2C12H16N2O2/c2*1-13(2)11(15)9-7-5-6-8-10(9)12(16)14(3)4/h2*5-8H,1-4H3. The molecule has 0 spiro atoms. The summed E-state index contributed by atoms with van der Waals surface area (Å²) >= 11 is 0. The molecule has 0 bridgehead atoms. The highest BCUT2D eigenvalue weighted by Crippen LogP contribution is 2.13. The molecule has 0 aromatic heterocycles. The highest BCUT2D eigenvalue weighted by atomic mass is 16.2. The number of hydrogen-bond acceptors (Lipinski definition) is 4. The fourth-order valence-corrected chi connectivity index (χ4v) is 2.68. The van der Waals surface area contributed by atoms with Gasteiger partial charge in [0, 0.05) is 56.4 Å². The predicted octanol–water partition coefficient (Wildman–Crippen LogP) is 2.18. The van der Waals surface area contributed by atoms with E-state index in [1.807, 2.05) is 0 Å². The second-order valence-corrected chi connectivity index (χ2v) is 7.89. The van der Waals surface area contributed by atoms with E-state index in [9.17, 15) is 19.2 Å². The quantitative estimate of drug-likeness (QED) is 0.730. The van der Waals surface area contributed by atoms with E-state index in [1.165, 1.54) is 19.6 Å². The summed E-state index contributed by atoms with van der Waals surface area (Å²) in [5, 5.41) is 0. The first-order chi connectivity index (χ1) is 14.9. The van der Waals surface area contributed by atoms with Gasteiger partial charge in [0.1, 0.15) is 0 Å². The van der Waals surface area contributed by atoms with Crippen LogP contribution >= 0.6 is 0 Å². The maximum atomic E-state index is 11.8. The van der Waals surface area contributed by atoms with Gasteiger partial charge in [0.2, 0.25) is 0 Å². The molecule has 4 amide bonds. The molecule has 0 fully saturated rings. The highest BCUT2D eigenvalue weighted by molar-refractivity contribution is 6.07. The fraction of sp³-hybridized carbons (Fsp3) is 0.333. The van der Waals surface area contributed by atoms with Gasteiger partial charge in [0.15, 0.2) is 0 Å². The first-order valence-corrected chi connectivity index (χ1v) is 9.94. The van der Waals surface area contributed by atoms with Crippen LogP contribution in [0.1, 0.15) is 41.4 Å². The van der Waals surface area contributed by atoms with Crippen LogP contribution in [0.4, 0.5) is 0 Å². The SMILES string of the molecule is CN(C)C(=O)c1ccccc1C(=O)N(C)C.CN(C)C(=O)c1ccccc1C(=O)N(C)C. The summed E-state index contributed by atoms with van der Waals surface area (Å²) in [6.45, 7) is 0. The van der Waals surface area contributed by atoms with E-state index in [1.54, 1.807) is 105 Å². The number of carbonyl (C=O) groups is 4. The molecule has 0 aliphatic heterocycles. The van der Waals surface area contributed by atoms with Crippen LogP contribution in [0, 0.1) is 0 Å². The van der Waals surface area contributed by atoms with Gasteiger partial charge in [-0.1, -0.05) is 24.3 Å². The molecule has 2 aromatic carbocycles. The minimum Gasteiger partial charge on any atom is -0.345 e. The van der Waals surface area contributed by atoms with Crippen molar-refractivity contribution in [1.82, 2.24) is 19.6 Å². The molecule has 2 aromatic rings. The fourth-order valence-electron chi connectivity index (χ4n) is 2.68. The van der Waals surface area contributed by atoms with Gasteiger partial charge in [0.25, 0.3) is 23.6 Å². The van der Waals surface area contributed by atoms with Gasteiger partial charge in [0.05, 0.1) is 22.3 Å². The summed E-state index contributed by atoms with van der Waals surface area (Å²) in [6.07, 6.45) is 0. The van der Waals surface area contributed by atoms with Crippen molar-refractivity contribution in [1.29, 1.82) is 0 Å². The molecule has 8 nitrogen and oxygen atoms in total. The van der Waals surface area contributed by atoms with Crippen LogP contribution < -0.4 is 0 Å². The van der Waals surface area contributed by atoms with Crippen molar-refractivity contribution in [3.63, 3.8) is 0 Å². The van der Waals surface area contributed by atoms with E-state index in [-0.39, 0.29) is 23.6 Å². The monoisotopic (exact) mass is 440 g/mol. The van der Waals surface area contributed by atoms with Gasteiger partial charge < -0.3 is 19.6 Å². The van der Waals surface area contributed by atoms with Gasteiger partial charge in [-0.3, -0.25) is 19.2 Å². The first kappa shape index (κ1) is 26.4. The Morgan fingerprint density at radius 3 is 0.688 bits per heavy atom. The van der Waals surface area contributed by atoms with Gasteiger partial charge >= 0.3 is 0 Å². The zero-order chi connectivity index (χ0) is 24.6. The minimum atomic E-state index is -0.161. The molecule has 32 heavy (non-hydrogen) atoms. The largest absolute Gasteiger partial charge is 0.345 e. The highest BCUT2D eigenvalue weighted by Gasteiger charge is 2.19. The van der Waals surface area contributed by atoms with Crippen LogP contribution in [0.5, 0.6) is 0 Å². The van der Waals surface area contributed by atoms with Crippen molar-refractivity contribution in [3.05, 3.63) is 70.8 Å². The number of carbonyl (C=O) groups excluding carboxylic acids is 4. The van der Waals surface area contributed by atoms with E-state index in [4.69, 9.17) is 0 Å². The molecule has 0 saturated heterocycles. The van der Waals surface area contributed by atoms with Gasteiger partial charge in [-0.25, -0.2) is 0 Å². The maximum Gasteiger partial charge on any atom is 0.254 e. The van der Waals surface area contributed by atoms with Gasteiger partial charge in [-0.2, -0.15) is 0 Å². The molecule has 8 heteroatoms. The summed E-state index contributed by atoms with van der Waals surface area (Å²) in [5.74, 6) is -0.645. The molecule has 0 N–H and O–H groups in total. The zero-order valence-electron chi connectivity index (χ0n) is 20.0. The Morgan fingerprint density at radius 2 is 0.562 bits per heavy atom. The van der Waals surface area contributed by atoms with Crippen LogP contribution in [0.15, 0.2) is 48.5 Å². The van der Waals surface area contributed by atoms with Crippen molar-refractivity contribution >= 4 is 23.6 Å². The number of amides is 4. The lowest BCUT2D eigenvalue weighted by molar-refractivity contribution is 0.0790. The van der Waals surface area contributed by atoms with Crippen molar-refractivity contribution in [2.24, 2.45) is 0 Å². The van der Waals surface area contributed by atoms with Crippen LogP contribution in [-0.4, -0.2) is 99.6 Å². The number of nitrogens with zero attached hydrogens (tertiary/aromatic N) is 4. The van der Waals surface area contributed by atoms with Crippen LogP contribution in [0.3, 0.4) is 0 Å². The van der Waals surface area contributed by atoms with Crippen molar-refractivity contribution in [3.8, 4) is 0 Å². The van der Waals surface area contributed by atoms with Crippen LogP contribution in [0.2, 0.25) is 0 Å². The molecule has 0 aliphatic rings. The summed E-state index contributed by atoms with van der Waals surface area (Å²) in [7, 11) is 13.3. The Balaban J connectivity index is 0.000000320. The average molecular weight is 441 g/mol. The maximum absolute atomic E-state index is 11.8. The van der Waals surface area contributed by atoms with E-state index < -0.39 is 0 Å². The normalized spacial score (nSPS) is 9.75. The molecule has 0 heterocycles. The summed E-state index contributed by atoms with van der Waals surface area (Å²) < 4.78 is 0. The first-order valence-electron chi connectivity index (χ1n) is 9.94. The number of benzene rings is 2. The lowest BCUT2D eigenvalue weighted by atomic mass is 10.1. The van der Waals surface area contributed by atoms with E-state index in [0.29, 0.717) is 22.3 Å². The molecule has 172 valence electrons. The van der Waals surface area contributed by atoms with Crippen LogP contribution in [-0.2, 0) is 0 Å². The van der Waals surface area contributed by atoms with Crippen molar-refractivity contribution in [2.75, 3.05) is 56.4 Å². The molecule has 0 aliphatic carbocycles. The molecule has 0 radical (unpaired) electrons. The molecular weight excluding hydrogens is 408 g/mol. The lowest BCUT2D eigenvalue weighted by Gasteiger charge is -2.16. The minimum absolute atomic E-state index is 0.161. The smallest absolute Gasteiger partial charge is 0.254 e. The van der Waals surface area contributed by atoms with E-state index in [2.05, 4.69) is 0 Å². The summed E-state index contributed by atoms with van der Waals surface area (Å²) in [5.41, 5.74) is 1.75. The molecule has 0 atom stereocenters. The van der Waals surface area contributed by atoms with Gasteiger partial charge in [-0.05, 0) is 24.3 Å². The molecule has 2 rings (SSSR count). The summed E-state index contributed by atoms with van der Waals surface area (Å²) in [6, 6.07) is 13.7. The molecule has 0 saturated carbocycles. The predicted molar refractivity (Wildman–Crippen MR) is 125 cm³/mol. The number of rotatable bonds is 4. The molecule has 0 unspecified atom stereocenters. The van der Waals surface area contributed by atoms with Gasteiger partial charge in [-0.15, -0.1) is 0 Å². The zero-order valence-corrected chi connectivity index (χ0v) is 20.0. The van der Waals surface area contributed by atoms with E-state index in [0.717, 1.165) is 0 Å². The third-order valence-corrected chi connectivity index (χ3v) is 4.40. The van der Waals surface area contributed by atoms with E-state index >= 15 is 0 Å². The number of hydrogen-bond donors (Lipinski definition) is 0. The van der Waals surface area contributed by atoms with Crippen molar-refractivity contribution < 1.29 is 19.2 Å². The topological polar surface area (TPSA) is 81.2 Å². The van der Waals surface area contributed by atoms with Crippen LogP contribution in [0.25, 0.3) is 0 Å². The lowest BCUT2D eigenvalue weighted by Crippen LogP contribution is -2.28. The second kappa shape index (κ2) is 11.6. The Hall–Kier alpha value is -3.68. The summed E-state index contributed by atoms with van der Waals surface area (Å²) in [4.78, 5) is 53.2. The second-order valence-electron chi connectivity index (χ2n) is 7.89.